The van der Waals surface area contributed by atoms with Gasteiger partial charge in [0.2, 0.25) is 0 Å². The second-order valence-corrected chi connectivity index (χ2v) is 7.18. The Balaban J connectivity index is 2.29. The minimum absolute atomic E-state index is 0.168. The summed E-state index contributed by atoms with van der Waals surface area (Å²) in [6.07, 6.45) is 1.34. The fraction of sp³-hybridized carbons (Fsp3) is 0. The molecule has 0 N–H and O–H groups in total. The van der Waals surface area contributed by atoms with E-state index < -0.39 is 10.0 Å². The van der Waals surface area contributed by atoms with Crippen molar-refractivity contribution in [3.05, 3.63) is 63.0 Å². The number of rotatable bonds is 3. The molecule has 0 fully saturated rings. The van der Waals surface area contributed by atoms with Gasteiger partial charge in [-0.1, -0.05) is 44.0 Å². The van der Waals surface area contributed by atoms with E-state index in [0.717, 1.165) is 14.5 Å². The van der Waals surface area contributed by atoms with Crippen molar-refractivity contribution in [2.75, 3.05) is 0 Å². The topological polar surface area (TPSA) is 46.5 Å². The van der Waals surface area contributed by atoms with Crippen LogP contribution in [-0.2, 0) is 10.0 Å². The number of nitrogens with zero attached hydrogens (tertiary/aromatic N) is 1. The molecule has 98 valence electrons. The molecular weight excluding hydrogens is 394 g/mol. The molecule has 0 spiro atoms. The molecule has 2 rings (SSSR count). The summed E-state index contributed by atoms with van der Waals surface area (Å²) < 4.78 is 29.3. The predicted molar refractivity (Wildman–Crippen MR) is 83.1 cm³/mol. The molecule has 0 saturated carbocycles. The van der Waals surface area contributed by atoms with Crippen molar-refractivity contribution >= 4 is 48.1 Å². The monoisotopic (exact) mass is 401 g/mol. The molecule has 3 nitrogen and oxygen atoms in total. The number of sulfonamides is 1. The summed E-state index contributed by atoms with van der Waals surface area (Å²) in [6, 6.07) is 13.6. The zero-order chi connectivity index (χ0) is 13.9. The smallest absolute Gasteiger partial charge is 0.199 e. The Morgan fingerprint density at radius 1 is 0.947 bits per heavy atom. The highest BCUT2D eigenvalue weighted by atomic mass is 79.9. The van der Waals surface area contributed by atoms with Crippen LogP contribution in [-0.4, -0.2) is 14.6 Å². The lowest BCUT2D eigenvalue weighted by Crippen LogP contribution is -1.97. The van der Waals surface area contributed by atoms with Crippen LogP contribution in [0.5, 0.6) is 0 Å². The molecule has 19 heavy (non-hydrogen) atoms. The van der Waals surface area contributed by atoms with Gasteiger partial charge < -0.3 is 0 Å². The molecule has 2 aromatic carbocycles. The van der Waals surface area contributed by atoms with Crippen molar-refractivity contribution in [3.8, 4) is 0 Å². The second kappa shape index (κ2) is 5.98. The molecule has 0 unspecified atom stereocenters. The second-order valence-electron chi connectivity index (χ2n) is 3.72. The molecule has 0 aliphatic rings. The summed E-state index contributed by atoms with van der Waals surface area (Å²) in [5.74, 6) is 0. The van der Waals surface area contributed by atoms with Gasteiger partial charge in [-0.05, 0) is 42.0 Å². The summed E-state index contributed by atoms with van der Waals surface area (Å²) in [5.41, 5.74) is 0.718. The van der Waals surface area contributed by atoms with E-state index in [9.17, 15) is 8.42 Å². The van der Waals surface area contributed by atoms with Crippen molar-refractivity contribution < 1.29 is 8.42 Å². The molecule has 0 aliphatic heterocycles. The first-order valence-corrected chi connectivity index (χ1v) is 8.31. The fourth-order valence-electron chi connectivity index (χ4n) is 1.38. The standard InChI is InChI=1S/C13H9Br2NO2S/c14-11-4-6-13(7-5-11)19(17,18)16-9-10-2-1-3-12(15)8-10/h1-9H. The molecule has 0 atom stereocenters. The molecule has 0 saturated heterocycles. The summed E-state index contributed by atoms with van der Waals surface area (Å²) in [7, 11) is -3.65. The van der Waals surface area contributed by atoms with Gasteiger partial charge in [-0.25, -0.2) is 0 Å². The van der Waals surface area contributed by atoms with Crippen LogP contribution in [0.15, 0.2) is 66.8 Å². The van der Waals surface area contributed by atoms with Gasteiger partial charge in [0.25, 0.3) is 10.0 Å². The molecule has 0 aromatic heterocycles. The lowest BCUT2D eigenvalue weighted by atomic mass is 10.2. The van der Waals surface area contributed by atoms with E-state index in [-0.39, 0.29) is 4.90 Å². The Morgan fingerprint density at radius 2 is 1.63 bits per heavy atom. The fourth-order valence-corrected chi connectivity index (χ4v) is 2.93. The van der Waals surface area contributed by atoms with Gasteiger partial charge in [0, 0.05) is 15.2 Å². The van der Waals surface area contributed by atoms with Crippen LogP contribution in [0.25, 0.3) is 0 Å². The highest BCUT2D eigenvalue weighted by Gasteiger charge is 2.10. The Bertz CT molecular complexity index is 710. The number of benzene rings is 2. The van der Waals surface area contributed by atoms with Crippen LogP contribution >= 0.6 is 31.9 Å². The van der Waals surface area contributed by atoms with Crippen molar-refractivity contribution in [1.82, 2.24) is 0 Å². The number of hydrogen-bond donors (Lipinski definition) is 0. The first kappa shape index (κ1) is 14.4. The zero-order valence-corrected chi connectivity index (χ0v) is 13.6. The van der Waals surface area contributed by atoms with Crippen LogP contribution in [0.2, 0.25) is 0 Å². The van der Waals surface area contributed by atoms with Crippen molar-refractivity contribution in [1.29, 1.82) is 0 Å². The minimum Gasteiger partial charge on any atom is -0.199 e. The molecule has 0 amide bonds. The molecule has 0 bridgehead atoms. The normalized spacial score (nSPS) is 11.9. The summed E-state index contributed by atoms with van der Waals surface area (Å²) in [4.78, 5) is 0.168. The minimum atomic E-state index is -3.65. The third kappa shape index (κ3) is 3.99. The summed E-state index contributed by atoms with van der Waals surface area (Å²) in [6.45, 7) is 0. The molecule has 0 heterocycles. The average Bonchev–Trinajstić information content (AvgIpc) is 2.37. The van der Waals surface area contributed by atoms with E-state index in [2.05, 4.69) is 36.3 Å². The Kier molecular flexibility index (Phi) is 4.54. The number of hydrogen-bond acceptors (Lipinski definition) is 2. The van der Waals surface area contributed by atoms with E-state index in [4.69, 9.17) is 0 Å². The van der Waals surface area contributed by atoms with Gasteiger partial charge >= 0.3 is 0 Å². The largest absolute Gasteiger partial charge is 0.282 e. The number of halogens is 2. The quantitative estimate of drug-likeness (QED) is 0.728. The van der Waals surface area contributed by atoms with E-state index in [1.165, 1.54) is 18.3 Å². The van der Waals surface area contributed by atoms with Gasteiger partial charge in [-0.15, -0.1) is 0 Å². The van der Waals surface area contributed by atoms with Crippen LogP contribution in [0.4, 0.5) is 0 Å². The van der Waals surface area contributed by atoms with Crippen LogP contribution in [0.3, 0.4) is 0 Å². The Hall–Kier alpha value is -0.980. The first-order chi connectivity index (χ1) is 8.97. The molecular formula is C13H9Br2NO2S. The van der Waals surface area contributed by atoms with Crippen LogP contribution < -0.4 is 0 Å². The Labute approximate surface area is 128 Å². The Morgan fingerprint density at radius 3 is 2.26 bits per heavy atom. The highest BCUT2D eigenvalue weighted by molar-refractivity contribution is 9.10. The molecule has 0 radical (unpaired) electrons. The highest BCUT2D eigenvalue weighted by Crippen LogP contribution is 2.17. The van der Waals surface area contributed by atoms with E-state index >= 15 is 0 Å². The van der Waals surface area contributed by atoms with Gasteiger partial charge in [-0.3, -0.25) is 0 Å². The lowest BCUT2D eigenvalue weighted by Gasteiger charge is -1.99. The summed E-state index contributed by atoms with van der Waals surface area (Å²) >= 11 is 6.58. The van der Waals surface area contributed by atoms with Gasteiger partial charge in [0.05, 0.1) is 4.90 Å². The maximum Gasteiger partial charge on any atom is 0.282 e. The van der Waals surface area contributed by atoms with Gasteiger partial charge in [0.1, 0.15) is 0 Å². The first-order valence-electron chi connectivity index (χ1n) is 5.29. The van der Waals surface area contributed by atoms with Gasteiger partial charge in [0.15, 0.2) is 0 Å². The average molecular weight is 403 g/mol. The maximum absolute atomic E-state index is 12.0. The van der Waals surface area contributed by atoms with Crippen molar-refractivity contribution in [2.24, 2.45) is 4.40 Å². The van der Waals surface area contributed by atoms with Crippen LogP contribution in [0, 0.1) is 0 Å². The zero-order valence-electron chi connectivity index (χ0n) is 9.62. The van der Waals surface area contributed by atoms with E-state index in [1.54, 1.807) is 24.3 Å². The lowest BCUT2D eigenvalue weighted by molar-refractivity contribution is 0.598. The third-order valence-electron chi connectivity index (χ3n) is 2.30. The summed E-state index contributed by atoms with van der Waals surface area (Å²) in [5, 5.41) is 0. The van der Waals surface area contributed by atoms with E-state index in [1.807, 2.05) is 12.1 Å². The molecule has 0 aliphatic carbocycles. The third-order valence-corrected chi connectivity index (χ3v) is 4.57. The van der Waals surface area contributed by atoms with E-state index in [0.29, 0.717) is 0 Å². The van der Waals surface area contributed by atoms with Gasteiger partial charge in [-0.2, -0.15) is 12.8 Å². The predicted octanol–water partition coefficient (Wildman–Crippen LogP) is 4.02. The van der Waals surface area contributed by atoms with Crippen molar-refractivity contribution in [2.45, 2.75) is 4.90 Å². The molecule has 6 heteroatoms. The van der Waals surface area contributed by atoms with Crippen LogP contribution in [0.1, 0.15) is 5.56 Å². The maximum atomic E-state index is 12.0. The molecule has 2 aromatic rings. The SMILES string of the molecule is O=S(=O)(N=Cc1cccc(Br)c1)c1ccc(Br)cc1. The van der Waals surface area contributed by atoms with Crippen molar-refractivity contribution in [3.63, 3.8) is 0 Å².